The van der Waals surface area contributed by atoms with Gasteiger partial charge in [0.05, 0.1) is 1.37 Å². The molecule has 0 aliphatic carbocycles. The predicted octanol–water partition coefficient (Wildman–Crippen LogP) is 2.30. The van der Waals surface area contributed by atoms with E-state index in [4.69, 9.17) is 1.37 Å². The second-order valence-corrected chi connectivity index (χ2v) is 2.59. The molecule has 0 unspecified atom stereocenters. The summed E-state index contributed by atoms with van der Waals surface area (Å²) >= 11 is 1.52. The molecule has 0 saturated carbocycles. The average molecular weight is 136 g/mol. The summed E-state index contributed by atoms with van der Waals surface area (Å²) < 4.78 is 7.41. The molecule has 0 aliphatic heterocycles. The molecule has 2 aromatic rings. The van der Waals surface area contributed by atoms with E-state index in [0.29, 0.717) is 6.04 Å². The van der Waals surface area contributed by atoms with Crippen molar-refractivity contribution in [2.75, 3.05) is 0 Å². The van der Waals surface area contributed by atoms with E-state index in [1.54, 1.807) is 11.6 Å². The van der Waals surface area contributed by atoms with Crippen LogP contribution in [0.25, 0.3) is 10.2 Å². The number of hydrogen-bond acceptors (Lipinski definition) is 2. The second-order valence-electron chi connectivity index (χ2n) is 1.74. The number of rotatable bonds is 0. The minimum Gasteiger partial charge on any atom is -0.245 e. The van der Waals surface area contributed by atoms with Crippen molar-refractivity contribution in [3.8, 4) is 0 Å². The van der Waals surface area contributed by atoms with E-state index in [9.17, 15) is 0 Å². The fraction of sp³-hybridized carbons (Fsp3) is 0. The number of hydrogen-bond donors (Lipinski definition) is 0. The molecule has 0 fully saturated rings. The standard InChI is InChI=1S/C7H5NS/c1-2-6-3-5-9-7(6)8-4-1/h1-5H/i3D. The van der Waals surface area contributed by atoms with E-state index in [-0.39, 0.29) is 0 Å². The van der Waals surface area contributed by atoms with Gasteiger partial charge in [0.1, 0.15) is 4.83 Å². The highest BCUT2D eigenvalue weighted by molar-refractivity contribution is 7.16. The lowest BCUT2D eigenvalue weighted by Gasteiger charge is -1.81. The van der Waals surface area contributed by atoms with Gasteiger partial charge in [0.2, 0.25) is 0 Å². The van der Waals surface area contributed by atoms with Crippen molar-refractivity contribution < 1.29 is 1.37 Å². The lowest BCUT2D eigenvalue weighted by Crippen LogP contribution is -1.65. The summed E-state index contributed by atoms with van der Waals surface area (Å²) in [6.45, 7) is 0. The minimum atomic E-state index is 0.577. The van der Waals surface area contributed by atoms with Crippen molar-refractivity contribution >= 4 is 21.6 Å². The van der Waals surface area contributed by atoms with Crippen LogP contribution in [0.3, 0.4) is 0 Å². The van der Waals surface area contributed by atoms with E-state index in [2.05, 4.69) is 4.98 Å². The van der Waals surface area contributed by atoms with Gasteiger partial charge in [-0.15, -0.1) is 11.3 Å². The van der Waals surface area contributed by atoms with Crippen LogP contribution >= 0.6 is 11.3 Å². The van der Waals surface area contributed by atoms with Gasteiger partial charge in [-0.2, -0.15) is 0 Å². The van der Waals surface area contributed by atoms with Crippen molar-refractivity contribution in [3.05, 3.63) is 29.8 Å². The summed E-state index contributed by atoms with van der Waals surface area (Å²) in [4.78, 5) is 5.05. The van der Waals surface area contributed by atoms with Crippen LogP contribution in [0.2, 0.25) is 0 Å². The van der Waals surface area contributed by atoms with Crippen LogP contribution in [-0.4, -0.2) is 4.98 Å². The van der Waals surface area contributed by atoms with Crippen LogP contribution in [0.15, 0.2) is 29.8 Å². The third kappa shape index (κ3) is 0.715. The number of fused-ring (bicyclic) bond motifs is 1. The average Bonchev–Trinajstić information content (AvgIpc) is 2.34. The highest BCUT2D eigenvalue weighted by Gasteiger charge is 1.89. The molecular formula is C7H5NS. The van der Waals surface area contributed by atoms with Gasteiger partial charge in [-0.05, 0) is 17.5 Å². The molecule has 44 valence electrons. The van der Waals surface area contributed by atoms with Gasteiger partial charge in [-0.25, -0.2) is 4.98 Å². The van der Waals surface area contributed by atoms with E-state index in [1.165, 1.54) is 11.3 Å². The lowest BCUT2D eigenvalue weighted by molar-refractivity contribution is 1.45. The van der Waals surface area contributed by atoms with Crippen LogP contribution in [-0.2, 0) is 0 Å². The summed E-state index contributed by atoms with van der Waals surface area (Å²) in [5.74, 6) is 0. The predicted molar refractivity (Wildman–Crippen MR) is 39.6 cm³/mol. The maximum atomic E-state index is 7.41. The van der Waals surface area contributed by atoms with E-state index >= 15 is 0 Å². The van der Waals surface area contributed by atoms with E-state index in [1.807, 2.05) is 12.1 Å². The molecule has 0 saturated heterocycles. The zero-order valence-corrected chi connectivity index (χ0v) is 5.48. The molecule has 0 amide bonds. The lowest BCUT2D eigenvalue weighted by atomic mass is 10.4. The monoisotopic (exact) mass is 136 g/mol. The van der Waals surface area contributed by atoms with Crippen LogP contribution in [0.4, 0.5) is 0 Å². The highest BCUT2D eigenvalue weighted by Crippen LogP contribution is 2.15. The Morgan fingerprint density at radius 1 is 1.67 bits per heavy atom. The first-order valence-corrected chi connectivity index (χ1v) is 3.55. The quantitative estimate of drug-likeness (QED) is 0.541. The molecule has 0 aliphatic rings. The Balaban J connectivity index is 2.93. The summed E-state index contributed by atoms with van der Waals surface area (Å²) in [5.41, 5.74) is 0. The molecule has 0 N–H and O–H groups in total. The van der Waals surface area contributed by atoms with E-state index < -0.39 is 0 Å². The molecule has 2 heterocycles. The topological polar surface area (TPSA) is 12.9 Å². The molecule has 0 atom stereocenters. The first-order valence-electron chi connectivity index (χ1n) is 3.17. The van der Waals surface area contributed by atoms with Gasteiger partial charge in [-0.1, -0.05) is 6.07 Å². The van der Waals surface area contributed by atoms with Crippen LogP contribution < -0.4 is 0 Å². The summed E-state index contributed by atoms with van der Waals surface area (Å²) in [5, 5.41) is 2.75. The summed E-state index contributed by atoms with van der Waals surface area (Å²) in [6.07, 6.45) is 1.75. The Bertz CT molecular complexity index is 355. The van der Waals surface area contributed by atoms with Crippen LogP contribution in [0.5, 0.6) is 0 Å². The first-order chi connectivity index (χ1) is 4.88. The number of aromatic nitrogens is 1. The Hall–Kier alpha value is -0.890. The third-order valence-corrected chi connectivity index (χ3v) is 1.94. The number of thiophene rings is 1. The van der Waals surface area contributed by atoms with Gasteiger partial charge in [0.25, 0.3) is 0 Å². The molecule has 1 nitrogen and oxygen atoms in total. The molecule has 2 rings (SSSR count). The van der Waals surface area contributed by atoms with Crippen molar-refractivity contribution in [2.45, 2.75) is 0 Å². The maximum absolute atomic E-state index is 7.41. The van der Waals surface area contributed by atoms with Crippen LogP contribution in [0, 0.1) is 0 Å². The molecule has 0 bridgehead atoms. The third-order valence-electron chi connectivity index (χ3n) is 1.16. The van der Waals surface area contributed by atoms with Gasteiger partial charge in [0, 0.05) is 11.6 Å². The molecule has 2 aromatic heterocycles. The maximum Gasteiger partial charge on any atom is 0.123 e. The van der Waals surface area contributed by atoms with Gasteiger partial charge >= 0.3 is 0 Å². The fourth-order valence-corrected chi connectivity index (χ4v) is 1.42. The summed E-state index contributed by atoms with van der Waals surface area (Å²) in [6, 6.07) is 4.35. The molecule has 9 heavy (non-hydrogen) atoms. The molecular weight excluding hydrogens is 130 g/mol. The number of nitrogens with zero attached hydrogens (tertiary/aromatic N) is 1. The fourth-order valence-electron chi connectivity index (χ4n) is 0.743. The van der Waals surface area contributed by atoms with Crippen molar-refractivity contribution in [1.29, 1.82) is 0 Å². The Morgan fingerprint density at radius 2 is 2.67 bits per heavy atom. The molecule has 0 spiro atoms. The van der Waals surface area contributed by atoms with Gasteiger partial charge in [-0.3, -0.25) is 0 Å². The first kappa shape index (κ1) is 4.01. The SMILES string of the molecule is [2H]c1csc2ncccc12. The van der Waals surface area contributed by atoms with Crippen molar-refractivity contribution in [1.82, 2.24) is 4.98 Å². The summed E-state index contributed by atoms with van der Waals surface area (Å²) in [7, 11) is 0. The normalized spacial score (nSPS) is 11.8. The second kappa shape index (κ2) is 1.81. The molecule has 0 radical (unpaired) electrons. The van der Waals surface area contributed by atoms with Gasteiger partial charge < -0.3 is 0 Å². The molecule has 0 aromatic carbocycles. The zero-order chi connectivity index (χ0) is 6.97. The van der Waals surface area contributed by atoms with Crippen molar-refractivity contribution in [3.63, 3.8) is 0 Å². The zero-order valence-electron chi connectivity index (χ0n) is 5.66. The highest BCUT2D eigenvalue weighted by atomic mass is 32.1. The Labute approximate surface area is 58.4 Å². The number of pyridine rings is 1. The van der Waals surface area contributed by atoms with Gasteiger partial charge in [0.15, 0.2) is 0 Å². The largest absolute Gasteiger partial charge is 0.245 e. The van der Waals surface area contributed by atoms with E-state index in [0.717, 1.165) is 10.2 Å². The minimum absolute atomic E-state index is 0.577. The smallest absolute Gasteiger partial charge is 0.123 e. The van der Waals surface area contributed by atoms with Crippen LogP contribution in [0.1, 0.15) is 1.37 Å². The Morgan fingerprint density at radius 3 is 3.56 bits per heavy atom. The van der Waals surface area contributed by atoms with Crippen molar-refractivity contribution in [2.24, 2.45) is 0 Å². The molecule has 2 heteroatoms. The Kier molecular flexibility index (Phi) is 0.807.